The Morgan fingerprint density at radius 1 is 0.974 bits per heavy atom. The summed E-state index contributed by atoms with van der Waals surface area (Å²) < 4.78 is 7.03. The quantitative estimate of drug-likeness (QED) is 0.321. The molecule has 3 atom stereocenters. The molecule has 2 aromatic carbocycles. The van der Waals surface area contributed by atoms with E-state index in [4.69, 9.17) is 27.6 Å². The normalized spacial score (nSPS) is 20.4. The third-order valence-electron chi connectivity index (χ3n) is 6.42. The van der Waals surface area contributed by atoms with Crippen LogP contribution in [0.2, 0.25) is 10.0 Å². The molecule has 2 aliphatic heterocycles. The smallest absolute Gasteiger partial charge is 0.308 e. The molecule has 1 fully saturated rings. The van der Waals surface area contributed by atoms with Gasteiger partial charge in [0.2, 0.25) is 17.7 Å². The predicted molar refractivity (Wildman–Crippen MR) is 146 cm³/mol. The molecular weight excluding hydrogens is 569 g/mol. The lowest BCUT2D eigenvalue weighted by molar-refractivity contribution is -0.122. The number of aromatic nitrogens is 1. The standard InChI is InChI=1S/C26H17Cl2N3O5S2/c27-15-9-8-13(11-16(15)28)29-18(32)12-30-25-22(38-26(30)35)19(17-7-4-10-36-17)20-21(37-25)24(34)31(23(20)33)14-5-2-1-3-6-14/h1-11,19-21H,12H2,(H,29,32)/t19-,20-,21+/m0/s1. The van der Waals surface area contributed by atoms with Crippen LogP contribution >= 0.6 is 46.3 Å². The molecule has 4 heterocycles. The molecule has 8 nitrogen and oxygen atoms in total. The molecule has 192 valence electrons. The minimum atomic E-state index is -0.788. The van der Waals surface area contributed by atoms with Crippen LogP contribution in [-0.2, 0) is 20.9 Å². The van der Waals surface area contributed by atoms with E-state index >= 15 is 0 Å². The van der Waals surface area contributed by atoms with Gasteiger partial charge in [-0.3, -0.25) is 23.7 Å². The van der Waals surface area contributed by atoms with Crippen LogP contribution in [0.3, 0.4) is 0 Å². The largest absolute Gasteiger partial charge is 0.469 e. The van der Waals surface area contributed by atoms with Crippen LogP contribution in [0, 0.1) is 5.92 Å². The molecule has 0 aliphatic carbocycles. The first-order valence-corrected chi connectivity index (χ1v) is 13.9. The van der Waals surface area contributed by atoms with Gasteiger partial charge < -0.3 is 9.73 Å². The van der Waals surface area contributed by atoms with Gasteiger partial charge in [0, 0.05) is 5.69 Å². The summed E-state index contributed by atoms with van der Waals surface area (Å²) in [5.41, 5.74) is 0.912. The molecule has 2 aromatic heterocycles. The Labute approximate surface area is 234 Å². The fourth-order valence-electron chi connectivity index (χ4n) is 4.78. The van der Waals surface area contributed by atoms with E-state index in [2.05, 4.69) is 5.32 Å². The molecule has 1 saturated heterocycles. The van der Waals surface area contributed by atoms with E-state index in [0.29, 0.717) is 32.1 Å². The van der Waals surface area contributed by atoms with Crippen LogP contribution in [0.5, 0.6) is 0 Å². The van der Waals surface area contributed by atoms with Gasteiger partial charge in [-0.05, 0) is 42.5 Å². The summed E-state index contributed by atoms with van der Waals surface area (Å²) in [6.45, 7) is -0.287. The summed E-state index contributed by atoms with van der Waals surface area (Å²) in [6.07, 6.45) is 1.49. The van der Waals surface area contributed by atoms with Gasteiger partial charge in [-0.1, -0.05) is 64.5 Å². The second-order valence-corrected chi connectivity index (χ2v) is 11.6. The number of nitrogens with zero attached hydrogens (tertiary/aromatic N) is 2. The number of hydrogen-bond acceptors (Lipinski definition) is 7. The van der Waals surface area contributed by atoms with E-state index < -0.39 is 23.0 Å². The summed E-state index contributed by atoms with van der Waals surface area (Å²) in [4.78, 5) is 54.7. The number of rotatable bonds is 5. The highest BCUT2D eigenvalue weighted by Crippen LogP contribution is 2.53. The SMILES string of the molecule is O=C(Cn1c2c(sc1=O)[C@@H](c1ccco1)[C@@H]1C(=O)N(c3ccccc3)C(=O)[C@@H]1S2)Nc1ccc(Cl)c(Cl)c1. The minimum absolute atomic E-state index is 0.282. The van der Waals surface area contributed by atoms with Gasteiger partial charge in [0.25, 0.3) is 0 Å². The Morgan fingerprint density at radius 2 is 1.76 bits per heavy atom. The van der Waals surface area contributed by atoms with Gasteiger partial charge in [0.1, 0.15) is 17.6 Å². The van der Waals surface area contributed by atoms with Gasteiger partial charge >= 0.3 is 4.87 Å². The Bertz CT molecular complexity index is 1630. The molecule has 0 radical (unpaired) electrons. The number of para-hydroxylation sites is 1. The number of carbonyl (C=O) groups excluding carboxylic acids is 3. The van der Waals surface area contributed by atoms with Crippen molar-refractivity contribution in [2.24, 2.45) is 5.92 Å². The van der Waals surface area contributed by atoms with Crippen LogP contribution in [0.15, 0.2) is 81.2 Å². The molecule has 6 rings (SSSR count). The van der Waals surface area contributed by atoms with E-state index in [1.807, 2.05) is 0 Å². The fourth-order valence-corrected chi connectivity index (χ4v) is 7.83. The lowest BCUT2D eigenvalue weighted by atomic mass is 9.87. The van der Waals surface area contributed by atoms with Crippen LogP contribution in [0.1, 0.15) is 16.6 Å². The fraction of sp³-hybridized carbons (Fsp3) is 0.154. The first-order chi connectivity index (χ1) is 18.3. The zero-order valence-electron chi connectivity index (χ0n) is 19.3. The predicted octanol–water partition coefficient (Wildman–Crippen LogP) is 5.24. The number of thiazole rings is 1. The van der Waals surface area contributed by atoms with Crippen molar-refractivity contribution < 1.29 is 18.8 Å². The Morgan fingerprint density at radius 3 is 2.47 bits per heavy atom. The number of thioether (sulfide) groups is 1. The maximum Gasteiger partial charge on any atom is 0.308 e. The van der Waals surface area contributed by atoms with E-state index in [1.54, 1.807) is 54.6 Å². The Balaban J connectivity index is 1.37. The van der Waals surface area contributed by atoms with E-state index in [9.17, 15) is 19.2 Å². The number of nitrogens with one attached hydrogen (secondary N) is 1. The maximum absolute atomic E-state index is 13.7. The van der Waals surface area contributed by atoms with Crippen molar-refractivity contribution in [3.63, 3.8) is 0 Å². The van der Waals surface area contributed by atoms with Crippen molar-refractivity contribution in [1.29, 1.82) is 0 Å². The first kappa shape index (κ1) is 25.0. The zero-order valence-corrected chi connectivity index (χ0v) is 22.4. The molecular formula is C26H17Cl2N3O5S2. The highest BCUT2D eigenvalue weighted by atomic mass is 35.5. The van der Waals surface area contributed by atoms with Crippen LogP contribution < -0.4 is 15.1 Å². The second-order valence-electron chi connectivity index (χ2n) is 8.71. The average molecular weight is 586 g/mol. The summed E-state index contributed by atoms with van der Waals surface area (Å²) in [5, 5.41) is 3.04. The number of anilines is 2. The molecule has 1 N–H and O–H groups in total. The van der Waals surface area contributed by atoms with Crippen molar-refractivity contribution in [2.75, 3.05) is 10.2 Å². The topological polar surface area (TPSA) is 102 Å². The van der Waals surface area contributed by atoms with Crippen molar-refractivity contribution >= 4 is 75.4 Å². The molecule has 38 heavy (non-hydrogen) atoms. The highest BCUT2D eigenvalue weighted by molar-refractivity contribution is 8.00. The Kier molecular flexibility index (Phi) is 6.43. The molecule has 0 spiro atoms. The number of hydrogen-bond donors (Lipinski definition) is 1. The Hall–Kier alpha value is -3.31. The number of carbonyl (C=O) groups is 3. The van der Waals surface area contributed by atoms with E-state index in [0.717, 1.165) is 23.1 Å². The molecule has 0 unspecified atom stereocenters. The number of halogens is 2. The molecule has 3 amide bonds. The van der Waals surface area contributed by atoms with Crippen molar-refractivity contribution in [3.05, 3.63) is 97.3 Å². The number of imide groups is 1. The maximum atomic E-state index is 13.7. The summed E-state index contributed by atoms with van der Waals surface area (Å²) >= 11 is 14.1. The van der Waals surface area contributed by atoms with Crippen molar-refractivity contribution in [2.45, 2.75) is 22.7 Å². The first-order valence-electron chi connectivity index (χ1n) is 11.4. The minimum Gasteiger partial charge on any atom is -0.469 e. The second kappa shape index (κ2) is 9.77. The monoisotopic (exact) mass is 585 g/mol. The van der Waals surface area contributed by atoms with Crippen LogP contribution in [0.25, 0.3) is 0 Å². The zero-order chi connectivity index (χ0) is 26.6. The highest BCUT2D eigenvalue weighted by Gasteiger charge is 2.57. The number of fused-ring (bicyclic) bond motifs is 2. The lowest BCUT2D eigenvalue weighted by Gasteiger charge is -2.29. The summed E-state index contributed by atoms with van der Waals surface area (Å²) in [6, 6.07) is 16.8. The molecule has 2 aliphatic rings. The van der Waals surface area contributed by atoms with Crippen LogP contribution in [-0.4, -0.2) is 27.5 Å². The van der Waals surface area contributed by atoms with Gasteiger partial charge in [-0.2, -0.15) is 0 Å². The average Bonchev–Trinajstić information content (AvgIpc) is 3.59. The number of amides is 3. The third kappa shape index (κ3) is 4.17. The van der Waals surface area contributed by atoms with Gasteiger partial charge in [0.05, 0.1) is 43.7 Å². The van der Waals surface area contributed by atoms with Gasteiger partial charge in [0.15, 0.2) is 0 Å². The summed E-state index contributed by atoms with van der Waals surface area (Å²) in [7, 11) is 0. The van der Waals surface area contributed by atoms with Crippen molar-refractivity contribution in [3.8, 4) is 0 Å². The summed E-state index contributed by atoms with van der Waals surface area (Å²) in [5.74, 6) is -2.11. The van der Waals surface area contributed by atoms with Gasteiger partial charge in [-0.15, -0.1) is 0 Å². The third-order valence-corrected chi connectivity index (χ3v) is 9.76. The van der Waals surface area contributed by atoms with E-state index in [-0.39, 0.29) is 28.3 Å². The van der Waals surface area contributed by atoms with Crippen molar-refractivity contribution in [1.82, 2.24) is 4.57 Å². The molecule has 4 aromatic rings. The molecule has 0 bridgehead atoms. The number of furan rings is 1. The molecule has 0 saturated carbocycles. The van der Waals surface area contributed by atoms with Crippen LogP contribution in [0.4, 0.5) is 11.4 Å². The number of benzene rings is 2. The molecule has 12 heteroatoms. The van der Waals surface area contributed by atoms with Gasteiger partial charge in [-0.25, -0.2) is 4.90 Å². The lowest BCUT2D eigenvalue weighted by Crippen LogP contribution is -2.32. The van der Waals surface area contributed by atoms with E-state index in [1.165, 1.54) is 21.8 Å².